The number of aliphatic imine (C=N–C) groups is 1. The minimum absolute atomic E-state index is 0.0527. The average molecular weight is 778 g/mol. The van der Waals surface area contributed by atoms with Gasteiger partial charge in [0.15, 0.2) is 5.82 Å². The largest absolute Gasteiger partial charge is 0.398 e. The number of terminal acetylenes is 1. The molecule has 3 saturated heterocycles. The van der Waals surface area contributed by atoms with Gasteiger partial charge in [0, 0.05) is 87.5 Å². The summed E-state index contributed by atoms with van der Waals surface area (Å²) in [5, 5.41) is 1.65. The lowest BCUT2D eigenvalue weighted by molar-refractivity contribution is 0.114. The topological polar surface area (TPSA) is 73.9 Å². The first-order valence-electron chi connectivity index (χ1n) is 20.8. The van der Waals surface area contributed by atoms with Crippen LogP contribution in [0.4, 0.5) is 29.1 Å². The lowest BCUT2D eigenvalue weighted by atomic mass is 9.84. The number of benzene rings is 3. The zero-order chi connectivity index (χ0) is 39.6. The van der Waals surface area contributed by atoms with E-state index in [0.717, 1.165) is 69.8 Å². The first-order valence-corrected chi connectivity index (χ1v) is 20.8. The van der Waals surface area contributed by atoms with Crippen LogP contribution in [-0.4, -0.2) is 84.4 Å². The van der Waals surface area contributed by atoms with E-state index >= 15 is 8.78 Å². The maximum absolute atomic E-state index is 17.8. The minimum Gasteiger partial charge on any atom is -0.398 e. The predicted octanol–water partition coefficient (Wildman–Crippen LogP) is 9.06. The monoisotopic (exact) mass is 777 g/mol. The molecule has 7 nitrogen and oxygen atoms in total. The molecule has 0 radical (unpaired) electrons. The van der Waals surface area contributed by atoms with Crippen molar-refractivity contribution >= 4 is 39.4 Å². The van der Waals surface area contributed by atoms with Crippen molar-refractivity contribution in [3.05, 3.63) is 70.1 Å². The number of nitrogen functional groups attached to an aromatic ring is 1. The zero-order valence-corrected chi connectivity index (χ0v) is 33.0. The van der Waals surface area contributed by atoms with Crippen LogP contribution in [0.5, 0.6) is 0 Å². The standard InChI is InChI=1S/C46H51F4N7/c1-4-33-36(47)11-8-30-20-27(2)21-34(38(30)33)39-41(48)43-40(35(22-52-3)42(39)51)45(56-24-31-9-10-32(25-56)57(31)23-28-6-5-7-28)54-37(53-43)12-15-46(16-17-46)26-55-18-13-29(14-19-55)44(49)50/h1,8,11,20-22,28,31-32H,5-7,9-10,12-19,23-26,51H2,2-3H3. The molecule has 1 aromatic heterocycles. The van der Waals surface area contributed by atoms with Gasteiger partial charge in [0.1, 0.15) is 23.0 Å². The molecule has 0 spiro atoms. The number of aryl methyl sites for hydroxylation is 2. The first-order chi connectivity index (χ1) is 27.6. The molecule has 3 aliphatic heterocycles. The molecule has 5 fully saturated rings. The second-order valence-corrected chi connectivity index (χ2v) is 17.5. The van der Waals surface area contributed by atoms with E-state index in [0.29, 0.717) is 83.4 Å². The molecule has 2 aliphatic carbocycles. The van der Waals surface area contributed by atoms with Gasteiger partial charge < -0.3 is 15.5 Å². The SMILES string of the molecule is C#Cc1c(F)ccc2cc(C)cc(-c3c(N)c(C=NC)c4c(N5CC6CCC(C5)N6CC5CCC5)nc(CCC5(CN6CCC(=C(F)F)CC6)CC5)nc4c3F)c12. The Morgan fingerprint density at radius 2 is 1.77 bits per heavy atom. The van der Waals surface area contributed by atoms with Crippen molar-refractivity contribution in [1.82, 2.24) is 19.8 Å². The number of nitrogens with zero attached hydrogens (tertiary/aromatic N) is 6. The van der Waals surface area contributed by atoms with E-state index in [1.807, 2.05) is 19.1 Å². The van der Waals surface area contributed by atoms with E-state index in [1.165, 1.54) is 25.3 Å². The maximum atomic E-state index is 17.8. The van der Waals surface area contributed by atoms with E-state index in [9.17, 15) is 8.78 Å². The number of aromatic nitrogens is 2. The Labute approximate surface area is 332 Å². The number of halogens is 4. The molecule has 2 unspecified atom stereocenters. The van der Waals surface area contributed by atoms with Gasteiger partial charge in [0.2, 0.25) is 0 Å². The van der Waals surface area contributed by atoms with Crippen LogP contribution in [0.15, 0.2) is 40.9 Å². The van der Waals surface area contributed by atoms with Crippen LogP contribution in [0.3, 0.4) is 0 Å². The third-order valence-electron chi connectivity index (χ3n) is 13.8. The number of nitrogens with two attached hydrogens (primary N) is 1. The molecule has 11 heteroatoms. The highest BCUT2D eigenvalue weighted by Gasteiger charge is 2.45. The molecule has 4 heterocycles. The van der Waals surface area contributed by atoms with Gasteiger partial charge in [0.25, 0.3) is 6.08 Å². The highest BCUT2D eigenvalue weighted by Crippen LogP contribution is 2.51. The molecule has 2 saturated carbocycles. The summed E-state index contributed by atoms with van der Waals surface area (Å²) in [7, 11) is 1.67. The highest BCUT2D eigenvalue weighted by atomic mass is 19.3. The smallest absolute Gasteiger partial charge is 0.269 e. The molecule has 298 valence electrons. The molecular formula is C46H51F4N7. The van der Waals surface area contributed by atoms with Crippen molar-refractivity contribution in [2.45, 2.75) is 89.6 Å². The maximum Gasteiger partial charge on any atom is 0.269 e. The normalized spacial score (nSPS) is 22.5. The summed E-state index contributed by atoms with van der Waals surface area (Å²) in [4.78, 5) is 22.1. The molecule has 2 N–H and O–H groups in total. The van der Waals surface area contributed by atoms with Crippen LogP contribution >= 0.6 is 0 Å². The Bertz CT molecular complexity index is 2330. The predicted molar refractivity (Wildman–Crippen MR) is 221 cm³/mol. The fourth-order valence-corrected chi connectivity index (χ4v) is 10.3. The Kier molecular flexibility index (Phi) is 10.0. The summed E-state index contributed by atoms with van der Waals surface area (Å²) in [6, 6.07) is 7.51. The van der Waals surface area contributed by atoms with Crippen LogP contribution in [-0.2, 0) is 6.42 Å². The number of piperazine rings is 1. The lowest BCUT2D eigenvalue weighted by Gasteiger charge is -2.44. The van der Waals surface area contributed by atoms with E-state index < -0.39 is 17.7 Å². The van der Waals surface area contributed by atoms with Crippen molar-refractivity contribution in [3.63, 3.8) is 0 Å². The quantitative estimate of drug-likeness (QED) is 0.0750. The number of anilines is 2. The van der Waals surface area contributed by atoms with Gasteiger partial charge >= 0.3 is 0 Å². The van der Waals surface area contributed by atoms with Crippen LogP contribution in [0.2, 0.25) is 0 Å². The molecule has 5 aliphatic rings. The van der Waals surface area contributed by atoms with Crippen molar-refractivity contribution in [2.75, 3.05) is 56.9 Å². The second kappa shape index (κ2) is 15.0. The van der Waals surface area contributed by atoms with E-state index in [-0.39, 0.29) is 33.3 Å². The molecule has 9 rings (SSSR count). The number of fused-ring (bicyclic) bond motifs is 4. The van der Waals surface area contributed by atoms with Crippen molar-refractivity contribution in [3.8, 4) is 23.5 Å². The molecular weight excluding hydrogens is 727 g/mol. The number of hydrogen-bond acceptors (Lipinski definition) is 7. The van der Waals surface area contributed by atoms with Gasteiger partial charge in [-0.1, -0.05) is 30.5 Å². The Hall–Kier alpha value is -4.53. The zero-order valence-electron chi connectivity index (χ0n) is 33.0. The summed E-state index contributed by atoms with van der Waals surface area (Å²) < 4.78 is 59.7. The Morgan fingerprint density at radius 1 is 1.04 bits per heavy atom. The van der Waals surface area contributed by atoms with Crippen molar-refractivity contribution in [2.24, 2.45) is 16.3 Å². The van der Waals surface area contributed by atoms with E-state index in [2.05, 4.69) is 25.6 Å². The van der Waals surface area contributed by atoms with Gasteiger partial charge in [-0.2, -0.15) is 8.78 Å². The third kappa shape index (κ3) is 6.97. The van der Waals surface area contributed by atoms with Crippen LogP contribution in [0.25, 0.3) is 32.8 Å². The number of rotatable bonds is 10. The average Bonchev–Trinajstić information content (AvgIpc) is 3.90. The second-order valence-electron chi connectivity index (χ2n) is 17.5. The Balaban J connectivity index is 1.16. The first kappa shape index (κ1) is 38.0. The molecule has 57 heavy (non-hydrogen) atoms. The molecule has 4 aromatic rings. The molecule has 3 aromatic carbocycles. The lowest BCUT2D eigenvalue weighted by Crippen LogP contribution is -2.55. The molecule has 2 bridgehead atoms. The molecule has 0 amide bonds. The fourth-order valence-electron chi connectivity index (χ4n) is 10.3. The summed E-state index contributed by atoms with van der Waals surface area (Å²) in [6.45, 7) is 6.73. The van der Waals surface area contributed by atoms with Gasteiger partial charge in [-0.25, -0.2) is 18.7 Å². The van der Waals surface area contributed by atoms with Crippen molar-refractivity contribution < 1.29 is 17.6 Å². The van der Waals surface area contributed by atoms with Crippen LogP contribution in [0.1, 0.15) is 86.7 Å². The third-order valence-corrected chi connectivity index (χ3v) is 13.8. The van der Waals surface area contributed by atoms with Gasteiger partial charge in [-0.05, 0) is 104 Å². The fraction of sp³-hybridized carbons (Fsp3) is 0.500. The van der Waals surface area contributed by atoms with Gasteiger partial charge in [-0.15, -0.1) is 6.42 Å². The highest BCUT2D eigenvalue weighted by molar-refractivity contribution is 6.15. The molecule has 2 atom stereocenters. The Morgan fingerprint density at radius 3 is 2.40 bits per heavy atom. The summed E-state index contributed by atoms with van der Waals surface area (Å²) in [6.07, 6.45) is 16.5. The van der Waals surface area contributed by atoms with Gasteiger partial charge in [0.05, 0.1) is 16.6 Å². The van der Waals surface area contributed by atoms with Crippen LogP contribution in [0, 0.1) is 42.2 Å². The van der Waals surface area contributed by atoms with Gasteiger partial charge in [-0.3, -0.25) is 9.89 Å². The summed E-state index contributed by atoms with van der Waals surface area (Å²) in [5.41, 5.74) is 9.72. The number of likely N-dealkylation sites (tertiary alicyclic amines) is 1. The van der Waals surface area contributed by atoms with E-state index in [4.69, 9.17) is 22.1 Å². The number of piperidine rings is 1. The van der Waals surface area contributed by atoms with Crippen LogP contribution < -0.4 is 10.6 Å². The number of hydrogen-bond donors (Lipinski definition) is 1. The summed E-state index contributed by atoms with van der Waals surface area (Å²) >= 11 is 0. The van der Waals surface area contributed by atoms with Crippen molar-refractivity contribution in [1.29, 1.82) is 0 Å². The van der Waals surface area contributed by atoms with E-state index in [1.54, 1.807) is 19.3 Å². The summed E-state index contributed by atoms with van der Waals surface area (Å²) in [5.74, 6) is 3.38. The minimum atomic E-state index is -1.53.